The predicted octanol–water partition coefficient (Wildman–Crippen LogP) is 0.646. The van der Waals surface area contributed by atoms with Gasteiger partial charge in [0.1, 0.15) is 11.9 Å². The van der Waals surface area contributed by atoms with E-state index in [9.17, 15) is 24.1 Å². The summed E-state index contributed by atoms with van der Waals surface area (Å²) < 4.78 is 20.2. The first-order valence-corrected chi connectivity index (χ1v) is 12.1. The molecule has 1 aromatic rings. The van der Waals surface area contributed by atoms with E-state index in [1.165, 1.54) is 17.2 Å². The predicted molar refractivity (Wildman–Crippen MR) is 129 cm³/mol. The number of nitrogens with zero attached hydrogens (tertiary/aromatic N) is 5. The molecule has 3 aliphatic heterocycles. The van der Waals surface area contributed by atoms with Gasteiger partial charge in [0.25, 0.3) is 0 Å². The van der Waals surface area contributed by atoms with Crippen molar-refractivity contribution in [1.29, 1.82) is 0 Å². The number of ether oxygens (including phenoxy) is 1. The maximum atomic E-state index is 14.9. The second-order valence-electron chi connectivity index (χ2n) is 8.50. The Labute approximate surface area is 206 Å². The number of nitro groups is 1. The monoisotopic (exact) mass is 509 g/mol. The number of nitrogens with one attached hydrogen (secondary N) is 2. The van der Waals surface area contributed by atoms with Crippen LogP contribution in [0.25, 0.3) is 0 Å². The molecular formula is C21H28FN7O5S. The van der Waals surface area contributed by atoms with E-state index < -0.39 is 22.3 Å². The first-order chi connectivity index (χ1) is 16.7. The summed E-state index contributed by atoms with van der Waals surface area (Å²) in [6, 6.07) is 4.73. The van der Waals surface area contributed by atoms with Crippen LogP contribution in [0.1, 0.15) is 0 Å². The number of likely N-dealkylation sites (N-methyl/N-ethyl adjacent to an activating group) is 1. The van der Waals surface area contributed by atoms with Crippen molar-refractivity contribution in [3.63, 3.8) is 0 Å². The zero-order chi connectivity index (χ0) is 25.1. The summed E-state index contributed by atoms with van der Waals surface area (Å²) in [5.74, 6) is -0.653. The highest BCUT2D eigenvalue weighted by Crippen LogP contribution is 2.30. The maximum Gasteiger partial charge on any atom is 0.414 e. The molecule has 0 saturated carbocycles. The summed E-state index contributed by atoms with van der Waals surface area (Å²) in [5, 5.41) is 16.7. The first kappa shape index (κ1) is 25.0. The summed E-state index contributed by atoms with van der Waals surface area (Å²) in [4.78, 5) is 41.9. The number of benzene rings is 1. The lowest BCUT2D eigenvalue weighted by atomic mass is 10.2. The number of thioether (sulfide) groups is 1. The van der Waals surface area contributed by atoms with Crippen LogP contribution < -0.4 is 20.4 Å². The Hall–Kier alpha value is -3.10. The summed E-state index contributed by atoms with van der Waals surface area (Å²) in [5.41, 5.74) is 0.382. The molecule has 2 fully saturated rings. The minimum Gasteiger partial charge on any atom is -0.443 e. The number of piperazine rings is 1. The Bertz CT molecular complexity index is 1020. The summed E-state index contributed by atoms with van der Waals surface area (Å²) in [6.45, 7) is 3.22. The normalized spacial score (nSPS) is 22.9. The minimum absolute atomic E-state index is 0.0149. The fraction of sp³-hybridized carbons (Fsp3) is 0.524. The van der Waals surface area contributed by atoms with Crippen molar-refractivity contribution < 1.29 is 23.6 Å². The highest BCUT2D eigenvalue weighted by Gasteiger charge is 2.33. The molecule has 3 aliphatic rings. The van der Waals surface area contributed by atoms with Crippen molar-refractivity contribution in [3.05, 3.63) is 45.4 Å². The van der Waals surface area contributed by atoms with Crippen LogP contribution >= 0.6 is 11.8 Å². The van der Waals surface area contributed by atoms with Gasteiger partial charge in [0.15, 0.2) is 5.50 Å². The Morgan fingerprint density at radius 1 is 1.31 bits per heavy atom. The number of amides is 2. The van der Waals surface area contributed by atoms with Gasteiger partial charge in [0.2, 0.25) is 5.91 Å². The van der Waals surface area contributed by atoms with Crippen LogP contribution in [0.3, 0.4) is 0 Å². The Morgan fingerprint density at radius 3 is 2.69 bits per heavy atom. The molecule has 3 heterocycles. The quantitative estimate of drug-likeness (QED) is 0.381. The van der Waals surface area contributed by atoms with Gasteiger partial charge in [-0.15, -0.1) is 0 Å². The maximum absolute atomic E-state index is 14.9. The largest absolute Gasteiger partial charge is 0.443 e. The van der Waals surface area contributed by atoms with Gasteiger partial charge >= 0.3 is 11.1 Å². The third-order valence-electron chi connectivity index (χ3n) is 6.01. The third-order valence-corrected chi connectivity index (χ3v) is 7.18. The zero-order valence-electron chi connectivity index (χ0n) is 19.5. The van der Waals surface area contributed by atoms with Gasteiger partial charge < -0.3 is 25.2 Å². The first-order valence-electron chi connectivity index (χ1n) is 11.2. The van der Waals surface area contributed by atoms with Crippen molar-refractivity contribution >= 4 is 35.1 Å². The molecule has 0 aromatic heterocycles. The van der Waals surface area contributed by atoms with Crippen molar-refractivity contribution in [2.24, 2.45) is 0 Å². The zero-order valence-corrected chi connectivity index (χ0v) is 20.3. The molecule has 2 unspecified atom stereocenters. The standard InChI is InChI=1S/C21H28FN7O5S/c1-23-10-15-11-28(21(31)34-15)14-3-4-17(16(22)9-14)27-7-5-26(6-8-27)12-18(30)24-20-25(2)13-19(35-20)29(32)33/h3-4,9,13,15,20,23H,5-8,10-12H2,1-2H3,(H,24,30). The van der Waals surface area contributed by atoms with Gasteiger partial charge in [0.05, 0.1) is 35.6 Å². The molecular weight excluding hydrogens is 481 g/mol. The van der Waals surface area contributed by atoms with E-state index in [0.29, 0.717) is 50.6 Å². The van der Waals surface area contributed by atoms with E-state index in [2.05, 4.69) is 10.6 Å². The average molecular weight is 510 g/mol. The Kier molecular flexibility index (Phi) is 7.62. The molecule has 0 aliphatic carbocycles. The molecule has 190 valence electrons. The Morgan fingerprint density at radius 2 is 2.06 bits per heavy atom. The number of hydrogen-bond acceptors (Lipinski definition) is 10. The van der Waals surface area contributed by atoms with Gasteiger partial charge in [-0.25, -0.2) is 9.18 Å². The molecule has 0 spiro atoms. The molecule has 4 rings (SSSR count). The van der Waals surface area contributed by atoms with Crippen LogP contribution in [0.2, 0.25) is 0 Å². The van der Waals surface area contributed by atoms with E-state index in [1.54, 1.807) is 31.1 Å². The number of halogens is 1. The summed E-state index contributed by atoms with van der Waals surface area (Å²) in [6.07, 6.45) is 0.623. The second kappa shape index (κ2) is 10.7. The van der Waals surface area contributed by atoms with Crippen LogP contribution in [0, 0.1) is 15.9 Å². The van der Waals surface area contributed by atoms with E-state index in [4.69, 9.17) is 4.74 Å². The van der Waals surface area contributed by atoms with E-state index in [-0.39, 0.29) is 23.6 Å². The van der Waals surface area contributed by atoms with Crippen molar-refractivity contribution in [1.82, 2.24) is 20.4 Å². The number of rotatable bonds is 8. The lowest BCUT2D eigenvalue weighted by Gasteiger charge is -2.36. The molecule has 2 N–H and O–H groups in total. The minimum atomic E-state index is -0.516. The van der Waals surface area contributed by atoms with Crippen molar-refractivity contribution in [2.45, 2.75) is 11.6 Å². The van der Waals surface area contributed by atoms with Gasteiger partial charge in [-0.3, -0.25) is 24.7 Å². The molecule has 2 saturated heterocycles. The van der Waals surface area contributed by atoms with Crippen LogP contribution in [-0.4, -0.2) is 98.2 Å². The SMILES string of the molecule is CNCC1CN(c2ccc(N3CCN(CC(=O)NC4SC([N+](=O)[O-])=CN4C)CC3)c(F)c2)C(=O)O1. The van der Waals surface area contributed by atoms with Crippen LogP contribution in [0.15, 0.2) is 29.4 Å². The number of carbonyl (C=O) groups is 2. The van der Waals surface area contributed by atoms with Gasteiger partial charge in [-0.05, 0) is 37.0 Å². The van der Waals surface area contributed by atoms with Crippen molar-refractivity contribution in [2.75, 3.05) is 69.7 Å². The van der Waals surface area contributed by atoms with Gasteiger partial charge in [-0.1, -0.05) is 0 Å². The van der Waals surface area contributed by atoms with Crippen LogP contribution in [-0.2, 0) is 9.53 Å². The van der Waals surface area contributed by atoms with Gasteiger partial charge in [0, 0.05) is 39.8 Å². The molecule has 35 heavy (non-hydrogen) atoms. The number of anilines is 2. The third kappa shape index (κ3) is 5.77. The topological polar surface area (TPSA) is 124 Å². The van der Waals surface area contributed by atoms with E-state index in [1.807, 2.05) is 9.80 Å². The number of cyclic esters (lactones) is 1. The molecule has 2 atom stereocenters. The average Bonchev–Trinajstić information content (AvgIpc) is 3.36. The van der Waals surface area contributed by atoms with Gasteiger partial charge in [-0.2, -0.15) is 0 Å². The number of carbonyl (C=O) groups excluding carboxylic acids is 2. The molecule has 1 aromatic carbocycles. The van der Waals surface area contributed by atoms with Crippen LogP contribution in [0.5, 0.6) is 0 Å². The summed E-state index contributed by atoms with van der Waals surface area (Å²) in [7, 11) is 3.44. The lowest BCUT2D eigenvalue weighted by Crippen LogP contribution is -2.51. The highest BCUT2D eigenvalue weighted by molar-refractivity contribution is 8.03. The second-order valence-corrected chi connectivity index (χ2v) is 9.60. The van der Waals surface area contributed by atoms with Crippen molar-refractivity contribution in [3.8, 4) is 0 Å². The van der Waals surface area contributed by atoms with Crippen LogP contribution in [0.4, 0.5) is 20.6 Å². The fourth-order valence-corrected chi connectivity index (χ4v) is 5.17. The van der Waals surface area contributed by atoms with E-state index >= 15 is 0 Å². The molecule has 2 amide bonds. The fourth-order valence-electron chi connectivity index (χ4n) is 4.21. The molecule has 0 bridgehead atoms. The smallest absolute Gasteiger partial charge is 0.414 e. The molecule has 12 nitrogen and oxygen atoms in total. The molecule has 0 radical (unpaired) electrons. The van der Waals surface area contributed by atoms with E-state index in [0.717, 1.165) is 11.8 Å². The number of hydrogen-bond donors (Lipinski definition) is 2. The molecule has 14 heteroatoms. The highest BCUT2D eigenvalue weighted by atomic mass is 32.2. The Balaban J connectivity index is 1.27. The summed E-state index contributed by atoms with van der Waals surface area (Å²) >= 11 is 0.981. The lowest BCUT2D eigenvalue weighted by molar-refractivity contribution is -0.410.